The Morgan fingerprint density at radius 2 is 1.48 bits per heavy atom. The molecule has 4 N–H and O–H groups in total. The highest BCUT2D eigenvalue weighted by Gasteiger charge is 2.29. The van der Waals surface area contributed by atoms with Gasteiger partial charge in [-0.3, -0.25) is 4.79 Å². The van der Waals surface area contributed by atoms with Gasteiger partial charge in [0.25, 0.3) is 0 Å². The number of hydrogen-bond acceptors (Lipinski definition) is 6. The maximum atomic E-state index is 13.0. The molecule has 3 aromatic carbocycles. The van der Waals surface area contributed by atoms with Gasteiger partial charge >= 0.3 is 12.2 Å². The van der Waals surface area contributed by atoms with Crippen molar-refractivity contribution in [2.24, 2.45) is 0 Å². The number of aliphatic hydroxyl groups is 1. The Labute approximate surface area is 246 Å². The second kappa shape index (κ2) is 14.0. The lowest BCUT2D eigenvalue weighted by Gasteiger charge is -2.23. The molecule has 9 nitrogen and oxygen atoms in total. The van der Waals surface area contributed by atoms with Crippen molar-refractivity contribution in [2.75, 3.05) is 18.5 Å². The zero-order chi connectivity index (χ0) is 30.1. The Bertz CT molecular complexity index is 1340. The van der Waals surface area contributed by atoms with Gasteiger partial charge in [-0.05, 0) is 80.0 Å². The van der Waals surface area contributed by atoms with Gasteiger partial charge in [-0.15, -0.1) is 0 Å². The van der Waals surface area contributed by atoms with Crippen LogP contribution >= 0.6 is 0 Å². The van der Waals surface area contributed by atoms with E-state index in [0.717, 1.165) is 16.7 Å². The number of alkyl carbamates (subject to hydrolysis) is 2. The van der Waals surface area contributed by atoms with Crippen LogP contribution in [-0.2, 0) is 20.9 Å². The molecule has 3 amide bonds. The number of fused-ring (bicyclic) bond motifs is 3. The van der Waals surface area contributed by atoms with E-state index in [1.807, 2.05) is 24.3 Å². The monoisotopic (exact) mass is 573 g/mol. The van der Waals surface area contributed by atoms with Gasteiger partial charge in [0.05, 0.1) is 6.61 Å². The van der Waals surface area contributed by atoms with E-state index in [4.69, 9.17) is 9.47 Å². The first kappa shape index (κ1) is 30.6. The van der Waals surface area contributed by atoms with Gasteiger partial charge in [-0.1, -0.05) is 60.7 Å². The van der Waals surface area contributed by atoms with Gasteiger partial charge in [0.15, 0.2) is 0 Å². The Balaban J connectivity index is 1.25. The predicted octanol–water partition coefficient (Wildman–Crippen LogP) is 5.72. The lowest BCUT2D eigenvalue weighted by molar-refractivity contribution is -0.118. The molecule has 0 radical (unpaired) electrons. The van der Waals surface area contributed by atoms with E-state index in [-0.39, 0.29) is 25.0 Å². The lowest BCUT2D eigenvalue weighted by atomic mass is 9.98. The predicted molar refractivity (Wildman–Crippen MR) is 161 cm³/mol. The summed E-state index contributed by atoms with van der Waals surface area (Å²) in [4.78, 5) is 37.9. The molecule has 0 saturated carbocycles. The summed E-state index contributed by atoms with van der Waals surface area (Å²) in [6.07, 6.45) is 0.293. The molecule has 1 aliphatic carbocycles. The summed E-state index contributed by atoms with van der Waals surface area (Å²) in [6, 6.07) is 22.3. The van der Waals surface area contributed by atoms with E-state index in [1.54, 1.807) is 45.0 Å². The summed E-state index contributed by atoms with van der Waals surface area (Å²) in [5.74, 6) is -0.400. The van der Waals surface area contributed by atoms with Crippen LogP contribution < -0.4 is 16.0 Å². The molecule has 0 heterocycles. The number of rotatable bonds is 11. The SMILES string of the molecule is CC(C)(C)OC(=O)N[C@@H](CCCCNC(=O)OCC1c2ccccc2-c2ccccc21)C(=O)Nc1ccc(CO)cc1. The zero-order valence-corrected chi connectivity index (χ0v) is 24.3. The molecule has 0 spiro atoms. The number of carbonyl (C=O) groups excluding carboxylic acids is 3. The summed E-state index contributed by atoms with van der Waals surface area (Å²) >= 11 is 0. The number of anilines is 1. The quantitative estimate of drug-likeness (QED) is 0.218. The van der Waals surface area contributed by atoms with Gasteiger partial charge in [-0.2, -0.15) is 0 Å². The van der Waals surface area contributed by atoms with E-state index < -0.39 is 23.8 Å². The molecule has 0 fully saturated rings. The molecule has 1 atom stereocenters. The number of aliphatic hydroxyl groups excluding tert-OH is 1. The Morgan fingerprint density at radius 3 is 2.07 bits per heavy atom. The number of carbonyl (C=O) groups is 3. The van der Waals surface area contributed by atoms with E-state index >= 15 is 0 Å². The van der Waals surface area contributed by atoms with Crippen LogP contribution in [0.25, 0.3) is 11.1 Å². The van der Waals surface area contributed by atoms with Gasteiger partial charge in [0, 0.05) is 18.2 Å². The minimum atomic E-state index is -0.841. The van der Waals surface area contributed by atoms with Gasteiger partial charge in [-0.25, -0.2) is 9.59 Å². The summed E-state index contributed by atoms with van der Waals surface area (Å²) in [5.41, 5.74) is 5.20. The topological polar surface area (TPSA) is 126 Å². The van der Waals surface area contributed by atoms with E-state index in [9.17, 15) is 19.5 Å². The molecule has 3 aromatic rings. The Hall–Kier alpha value is -4.37. The highest BCUT2D eigenvalue weighted by molar-refractivity contribution is 5.96. The van der Waals surface area contributed by atoms with Crippen molar-refractivity contribution >= 4 is 23.8 Å². The van der Waals surface area contributed by atoms with E-state index in [2.05, 4.69) is 40.2 Å². The number of hydrogen-bond donors (Lipinski definition) is 4. The Morgan fingerprint density at radius 1 is 0.857 bits per heavy atom. The van der Waals surface area contributed by atoms with Gasteiger partial charge in [0.1, 0.15) is 18.2 Å². The van der Waals surface area contributed by atoms with Crippen LogP contribution in [0.1, 0.15) is 62.6 Å². The van der Waals surface area contributed by atoms with Crippen LogP contribution in [0.2, 0.25) is 0 Å². The molecule has 42 heavy (non-hydrogen) atoms. The molecule has 0 aromatic heterocycles. The minimum Gasteiger partial charge on any atom is -0.449 e. The number of nitrogens with one attached hydrogen (secondary N) is 3. The number of benzene rings is 3. The molecule has 222 valence electrons. The van der Waals surface area contributed by atoms with Crippen molar-refractivity contribution in [2.45, 2.75) is 64.2 Å². The molecule has 4 rings (SSSR count). The normalized spacial score (nSPS) is 13.0. The first-order valence-corrected chi connectivity index (χ1v) is 14.2. The number of amides is 3. The van der Waals surface area contributed by atoms with Crippen LogP contribution in [0, 0.1) is 0 Å². The summed E-state index contributed by atoms with van der Waals surface area (Å²) < 4.78 is 10.9. The van der Waals surface area contributed by atoms with Crippen molar-refractivity contribution < 1.29 is 29.0 Å². The third-order valence-corrected chi connectivity index (χ3v) is 6.94. The van der Waals surface area contributed by atoms with Crippen molar-refractivity contribution in [1.29, 1.82) is 0 Å². The molecule has 0 unspecified atom stereocenters. The first-order chi connectivity index (χ1) is 20.1. The fourth-order valence-corrected chi connectivity index (χ4v) is 4.95. The average molecular weight is 574 g/mol. The first-order valence-electron chi connectivity index (χ1n) is 14.2. The van der Waals surface area contributed by atoms with Crippen LogP contribution in [-0.4, -0.2) is 48.0 Å². The van der Waals surface area contributed by atoms with Crippen LogP contribution in [0.5, 0.6) is 0 Å². The maximum Gasteiger partial charge on any atom is 0.408 e. The molecular weight excluding hydrogens is 534 g/mol. The third kappa shape index (κ3) is 8.33. The number of unbranched alkanes of at least 4 members (excludes halogenated alkanes) is 1. The zero-order valence-electron chi connectivity index (χ0n) is 24.3. The largest absolute Gasteiger partial charge is 0.449 e. The highest BCUT2D eigenvalue weighted by atomic mass is 16.6. The summed E-state index contributed by atoms with van der Waals surface area (Å²) in [7, 11) is 0. The second-order valence-electron chi connectivity index (χ2n) is 11.3. The minimum absolute atomic E-state index is 0.0128. The van der Waals surface area contributed by atoms with Crippen molar-refractivity contribution in [3.8, 4) is 11.1 Å². The average Bonchev–Trinajstić information content (AvgIpc) is 3.28. The van der Waals surface area contributed by atoms with E-state index in [1.165, 1.54) is 11.1 Å². The molecule has 0 aliphatic heterocycles. The summed E-state index contributed by atoms with van der Waals surface area (Å²) in [5, 5.41) is 17.5. The molecule has 9 heteroatoms. The van der Waals surface area contributed by atoms with E-state index in [0.29, 0.717) is 31.5 Å². The van der Waals surface area contributed by atoms with Gasteiger partial charge < -0.3 is 30.5 Å². The maximum absolute atomic E-state index is 13.0. The smallest absolute Gasteiger partial charge is 0.408 e. The van der Waals surface area contributed by atoms with Gasteiger partial charge in [0.2, 0.25) is 5.91 Å². The molecular formula is C33H39N3O6. The molecule has 0 bridgehead atoms. The van der Waals surface area contributed by atoms with Crippen molar-refractivity contribution in [1.82, 2.24) is 10.6 Å². The lowest BCUT2D eigenvalue weighted by Crippen LogP contribution is -2.45. The molecule has 0 saturated heterocycles. The van der Waals surface area contributed by atoms with Crippen LogP contribution in [0.3, 0.4) is 0 Å². The Kier molecular flexibility index (Phi) is 10.2. The van der Waals surface area contributed by atoms with Crippen molar-refractivity contribution in [3.05, 3.63) is 89.5 Å². The molecule has 1 aliphatic rings. The van der Waals surface area contributed by atoms with Crippen LogP contribution in [0.4, 0.5) is 15.3 Å². The fourth-order valence-electron chi connectivity index (χ4n) is 4.95. The highest BCUT2D eigenvalue weighted by Crippen LogP contribution is 2.44. The summed E-state index contributed by atoms with van der Waals surface area (Å²) in [6.45, 7) is 5.75. The van der Waals surface area contributed by atoms with Crippen LogP contribution in [0.15, 0.2) is 72.8 Å². The van der Waals surface area contributed by atoms with Crippen molar-refractivity contribution in [3.63, 3.8) is 0 Å². The fraction of sp³-hybridized carbons (Fsp3) is 0.364. The number of ether oxygens (including phenoxy) is 2. The second-order valence-corrected chi connectivity index (χ2v) is 11.3. The third-order valence-electron chi connectivity index (χ3n) is 6.94. The standard InChI is InChI=1S/C33H39N3O6/c1-33(2,3)42-32(40)36-29(30(38)35-23-17-15-22(20-37)16-18-23)14-8-9-19-34-31(39)41-21-28-26-12-6-4-10-24(26)25-11-5-7-13-27(25)28/h4-7,10-13,15-18,28-29,37H,8-9,14,19-21H2,1-3H3,(H,34,39)(H,35,38)(H,36,40)/t29-/m0/s1.